The molecule has 13 heavy (non-hydrogen) atoms. The fourth-order valence-corrected chi connectivity index (χ4v) is 1.37. The minimum absolute atomic E-state index is 0.200. The third-order valence-electron chi connectivity index (χ3n) is 1.55. The molecular formula is C6H7N5OS. The number of anilines is 1. The average molecular weight is 197 g/mol. The molecule has 0 aliphatic heterocycles. The van der Waals surface area contributed by atoms with Gasteiger partial charge in [-0.3, -0.25) is 9.78 Å². The molecule has 2 heterocycles. The highest BCUT2D eigenvalue weighted by molar-refractivity contribution is 7.98. The first-order valence-electron chi connectivity index (χ1n) is 3.50. The van der Waals surface area contributed by atoms with Crippen LogP contribution in [0.3, 0.4) is 0 Å². The van der Waals surface area contributed by atoms with Gasteiger partial charge in [0.15, 0.2) is 22.3 Å². The molecule has 0 bridgehead atoms. The van der Waals surface area contributed by atoms with Gasteiger partial charge in [-0.05, 0) is 6.26 Å². The number of aromatic amines is 2. The molecular weight excluding hydrogens is 190 g/mol. The molecule has 0 aliphatic rings. The van der Waals surface area contributed by atoms with Crippen molar-refractivity contribution in [3.8, 4) is 0 Å². The van der Waals surface area contributed by atoms with Crippen LogP contribution < -0.4 is 11.3 Å². The van der Waals surface area contributed by atoms with Gasteiger partial charge < -0.3 is 10.7 Å². The van der Waals surface area contributed by atoms with Crippen LogP contribution in [-0.4, -0.2) is 26.2 Å². The Morgan fingerprint density at radius 1 is 1.38 bits per heavy atom. The molecule has 0 atom stereocenters. The zero-order chi connectivity index (χ0) is 9.42. The maximum Gasteiger partial charge on any atom is 0.277 e. The van der Waals surface area contributed by atoms with Crippen molar-refractivity contribution in [2.24, 2.45) is 0 Å². The van der Waals surface area contributed by atoms with Gasteiger partial charge in [-0.25, -0.2) is 4.98 Å². The predicted molar refractivity (Wildman–Crippen MR) is 50.7 cm³/mol. The number of fused-ring (bicyclic) bond motifs is 1. The number of H-pyrrole nitrogens is 2. The Morgan fingerprint density at radius 3 is 2.85 bits per heavy atom. The Bertz CT molecular complexity index is 501. The third-order valence-corrected chi connectivity index (χ3v) is 2.13. The van der Waals surface area contributed by atoms with Crippen molar-refractivity contribution in [2.75, 3.05) is 12.0 Å². The van der Waals surface area contributed by atoms with Crippen LogP contribution in [0.25, 0.3) is 11.2 Å². The molecule has 0 spiro atoms. The van der Waals surface area contributed by atoms with Gasteiger partial charge in [0, 0.05) is 0 Å². The second-order valence-electron chi connectivity index (χ2n) is 2.40. The molecule has 7 heteroatoms. The summed E-state index contributed by atoms with van der Waals surface area (Å²) in [6, 6.07) is 0. The monoisotopic (exact) mass is 197 g/mol. The topological polar surface area (TPSA) is 100 Å². The molecule has 0 saturated carbocycles. The first-order chi connectivity index (χ1) is 6.20. The molecule has 4 N–H and O–H groups in total. The molecule has 6 nitrogen and oxygen atoms in total. The molecule has 0 aromatic carbocycles. The van der Waals surface area contributed by atoms with E-state index in [1.54, 1.807) is 0 Å². The van der Waals surface area contributed by atoms with Crippen molar-refractivity contribution >= 4 is 28.9 Å². The van der Waals surface area contributed by atoms with E-state index in [1.807, 2.05) is 6.26 Å². The summed E-state index contributed by atoms with van der Waals surface area (Å²) in [5.74, 6) is 0.200. The molecule has 2 aromatic rings. The molecule has 0 amide bonds. The van der Waals surface area contributed by atoms with E-state index in [0.29, 0.717) is 16.3 Å². The quantitative estimate of drug-likeness (QED) is 0.439. The number of nitrogens with one attached hydrogen (secondary N) is 2. The van der Waals surface area contributed by atoms with Crippen molar-refractivity contribution in [1.82, 2.24) is 19.9 Å². The smallest absolute Gasteiger partial charge is 0.277 e. The normalized spacial score (nSPS) is 10.8. The Balaban J connectivity index is 2.83. The first-order valence-corrected chi connectivity index (χ1v) is 4.72. The molecule has 0 saturated heterocycles. The summed E-state index contributed by atoms with van der Waals surface area (Å²) in [5, 5.41) is 0.531. The summed E-state index contributed by atoms with van der Waals surface area (Å²) in [6.45, 7) is 0. The van der Waals surface area contributed by atoms with Crippen LogP contribution in [-0.2, 0) is 0 Å². The fraction of sp³-hybridized carbons (Fsp3) is 0.167. The van der Waals surface area contributed by atoms with Gasteiger partial charge in [-0.15, -0.1) is 0 Å². The molecule has 0 unspecified atom stereocenters. The summed E-state index contributed by atoms with van der Waals surface area (Å²) < 4.78 is 0. The Labute approximate surface area is 77.0 Å². The van der Waals surface area contributed by atoms with Crippen molar-refractivity contribution < 1.29 is 0 Å². The summed E-state index contributed by atoms with van der Waals surface area (Å²) in [6.07, 6.45) is 1.82. The lowest BCUT2D eigenvalue weighted by Crippen LogP contribution is -2.08. The zero-order valence-electron chi connectivity index (χ0n) is 6.79. The molecule has 2 aromatic heterocycles. The van der Waals surface area contributed by atoms with Gasteiger partial charge in [0.2, 0.25) is 0 Å². The number of nitrogen functional groups attached to an aromatic ring is 1. The summed E-state index contributed by atoms with van der Waals surface area (Å²) in [4.78, 5) is 24.5. The number of hydrogen-bond acceptors (Lipinski definition) is 5. The van der Waals surface area contributed by atoms with E-state index in [0.717, 1.165) is 0 Å². The van der Waals surface area contributed by atoms with Crippen LogP contribution >= 0.6 is 11.8 Å². The Morgan fingerprint density at radius 2 is 2.15 bits per heavy atom. The maximum atomic E-state index is 11.3. The van der Waals surface area contributed by atoms with Crippen molar-refractivity contribution in [3.05, 3.63) is 10.4 Å². The number of hydrogen-bond donors (Lipinski definition) is 3. The van der Waals surface area contributed by atoms with Crippen LogP contribution in [0, 0.1) is 0 Å². The number of nitrogens with two attached hydrogens (primary N) is 1. The number of nitrogens with zero attached hydrogens (tertiary/aromatic N) is 2. The standard InChI is InChI=1S/C6H7N5OS/c1-13-6-10-3-2(4(12)11-6)8-5(7)9-3/h1H3,(H4,7,8,9,10,11,12). The van der Waals surface area contributed by atoms with Crippen LogP contribution in [0.5, 0.6) is 0 Å². The van der Waals surface area contributed by atoms with E-state index in [4.69, 9.17) is 5.73 Å². The van der Waals surface area contributed by atoms with E-state index in [-0.39, 0.29) is 11.5 Å². The molecule has 0 fully saturated rings. The van der Waals surface area contributed by atoms with E-state index < -0.39 is 0 Å². The molecule has 0 radical (unpaired) electrons. The Kier molecular flexibility index (Phi) is 1.73. The molecule has 2 rings (SSSR count). The van der Waals surface area contributed by atoms with Gasteiger partial charge in [-0.2, -0.15) is 4.98 Å². The van der Waals surface area contributed by atoms with Gasteiger partial charge >= 0.3 is 0 Å². The highest BCUT2D eigenvalue weighted by Crippen LogP contribution is 2.10. The van der Waals surface area contributed by atoms with Crippen LogP contribution in [0.1, 0.15) is 0 Å². The zero-order valence-corrected chi connectivity index (χ0v) is 7.60. The number of thioether (sulfide) groups is 1. The van der Waals surface area contributed by atoms with Crippen LogP contribution in [0.15, 0.2) is 9.95 Å². The lowest BCUT2D eigenvalue weighted by atomic mass is 10.6. The lowest BCUT2D eigenvalue weighted by Gasteiger charge is -1.92. The predicted octanol–water partition coefficient (Wildman–Crippen LogP) is -0.0497. The summed E-state index contributed by atoms with van der Waals surface area (Å²) in [5.41, 5.74) is 5.80. The van der Waals surface area contributed by atoms with Crippen LogP contribution in [0.2, 0.25) is 0 Å². The van der Waals surface area contributed by atoms with Crippen molar-refractivity contribution in [2.45, 2.75) is 5.16 Å². The van der Waals surface area contributed by atoms with Gasteiger partial charge in [0.05, 0.1) is 0 Å². The minimum atomic E-state index is -0.251. The van der Waals surface area contributed by atoms with Gasteiger partial charge in [-0.1, -0.05) is 11.8 Å². The number of imidazole rings is 1. The van der Waals surface area contributed by atoms with Crippen molar-refractivity contribution in [3.63, 3.8) is 0 Å². The average Bonchev–Trinajstić information content (AvgIpc) is 2.46. The third kappa shape index (κ3) is 1.26. The lowest BCUT2D eigenvalue weighted by molar-refractivity contribution is 0.968. The van der Waals surface area contributed by atoms with Crippen molar-refractivity contribution in [1.29, 1.82) is 0 Å². The number of aromatic nitrogens is 4. The van der Waals surface area contributed by atoms with E-state index in [2.05, 4.69) is 19.9 Å². The Hall–Kier alpha value is -1.50. The first kappa shape index (κ1) is 8.11. The fourth-order valence-electron chi connectivity index (χ4n) is 1.00. The van der Waals surface area contributed by atoms with Gasteiger partial charge in [0.1, 0.15) is 0 Å². The summed E-state index contributed by atoms with van der Waals surface area (Å²) in [7, 11) is 0. The minimum Gasteiger partial charge on any atom is -0.369 e. The van der Waals surface area contributed by atoms with E-state index in [1.165, 1.54) is 11.8 Å². The number of rotatable bonds is 1. The van der Waals surface area contributed by atoms with Gasteiger partial charge in [0.25, 0.3) is 5.56 Å². The highest BCUT2D eigenvalue weighted by atomic mass is 32.2. The largest absolute Gasteiger partial charge is 0.369 e. The maximum absolute atomic E-state index is 11.3. The molecule has 0 aliphatic carbocycles. The second-order valence-corrected chi connectivity index (χ2v) is 3.19. The van der Waals surface area contributed by atoms with Crippen LogP contribution in [0.4, 0.5) is 5.95 Å². The second kappa shape index (κ2) is 2.77. The van der Waals surface area contributed by atoms with E-state index >= 15 is 0 Å². The SMILES string of the molecule is CSc1nc2nc(N)[nH]c2c(=O)[nH]1. The highest BCUT2D eigenvalue weighted by Gasteiger charge is 2.06. The summed E-state index contributed by atoms with van der Waals surface area (Å²) >= 11 is 1.35. The van der Waals surface area contributed by atoms with E-state index in [9.17, 15) is 4.79 Å². The molecule has 68 valence electrons.